The van der Waals surface area contributed by atoms with Gasteiger partial charge in [-0.15, -0.1) is 0 Å². The Kier molecular flexibility index (Phi) is 4.40. The van der Waals surface area contributed by atoms with Crippen LogP contribution in [0, 0.1) is 5.92 Å². The molecule has 0 aliphatic carbocycles. The first kappa shape index (κ1) is 12.8. The van der Waals surface area contributed by atoms with Crippen LogP contribution in [0.15, 0.2) is 0 Å². The molecule has 3 unspecified atom stereocenters. The lowest BCUT2D eigenvalue weighted by Crippen LogP contribution is -2.51. The molecule has 4 nitrogen and oxygen atoms in total. The summed E-state index contributed by atoms with van der Waals surface area (Å²) in [4.78, 5) is 14.4. The summed E-state index contributed by atoms with van der Waals surface area (Å²) in [6.45, 7) is 3.99. The number of aliphatic hydroxyl groups is 1. The third kappa shape index (κ3) is 2.80. The highest BCUT2D eigenvalue weighted by molar-refractivity contribution is 5.83. The van der Waals surface area contributed by atoms with Crippen LogP contribution < -0.4 is 5.32 Å². The van der Waals surface area contributed by atoms with Gasteiger partial charge in [-0.2, -0.15) is 0 Å². The Hall–Kier alpha value is -0.610. The molecule has 0 aromatic carbocycles. The number of carbonyl (C=O) groups is 1. The van der Waals surface area contributed by atoms with Crippen molar-refractivity contribution < 1.29 is 9.90 Å². The molecule has 2 N–H and O–H groups in total. The first-order valence-electron chi connectivity index (χ1n) is 6.88. The van der Waals surface area contributed by atoms with Crippen LogP contribution >= 0.6 is 0 Å². The maximum Gasteiger partial charge on any atom is 0.240 e. The number of rotatable bonds is 2. The lowest BCUT2D eigenvalue weighted by molar-refractivity contribution is -0.137. The van der Waals surface area contributed by atoms with Gasteiger partial charge in [-0.25, -0.2) is 0 Å². The summed E-state index contributed by atoms with van der Waals surface area (Å²) in [5, 5.41) is 12.7. The van der Waals surface area contributed by atoms with E-state index in [1.165, 1.54) is 6.42 Å². The van der Waals surface area contributed by atoms with Crippen LogP contribution in [0.4, 0.5) is 0 Å². The van der Waals surface area contributed by atoms with Crippen molar-refractivity contribution in [1.29, 1.82) is 0 Å². The summed E-state index contributed by atoms with van der Waals surface area (Å²) < 4.78 is 0. The SMILES string of the molecule is CC1CCNC1C(=O)N1CCCCCC1CO. The Morgan fingerprint density at radius 2 is 2.18 bits per heavy atom. The van der Waals surface area contributed by atoms with E-state index in [1.807, 2.05) is 4.90 Å². The van der Waals surface area contributed by atoms with Crippen molar-refractivity contribution in [2.24, 2.45) is 5.92 Å². The van der Waals surface area contributed by atoms with Crippen molar-refractivity contribution in [3.05, 3.63) is 0 Å². The summed E-state index contributed by atoms with van der Waals surface area (Å²) in [6.07, 6.45) is 5.40. The Morgan fingerprint density at radius 1 is 1.35 bits per heavy atom. The highest BCUT2D eigenvalue weighted by atomic mass is 16.3. The van der Waals surface area contributed by atoms with Gasteiger partial charge in [0.2, 0.25) is 5.91 Å². The molecule has 0 aromatic heterocycles. The molecule has 0 bridgehead atoms. The quantitative estimate of drug-likeness (QED) is 0.749. The molecule has 0 radical (unpaired) electrons. The first-order chi connectivity index (χ1) is 8.24. The van der Waals surface area contributed by atoms with Gasteiger partial charge in [-0.3, -0.25) is 4.79 Å². The second-order valence-corrected chi connectivity index (χ2v) is 5.42. The number of amides is 1. The Bertz CT molecular complexity index is 270. The average Bonchev–Trinajstić information content (AvgIpc) is 2.64. The number of hydrogen-bond donors (Lipinski definition) is 2. The molecule has 1 amide bonds. The first-order valence-corrected chi connectivity index (χ1v) is 6.88. The van der Waals surface area contributed by atoms with E-state index in [0.717, 1.165) is 38.8 Å². The van der Waals surface area contributed by atoms with Crippen LogP contribution in [-0.4, -0.2) is 47.7 Å². The Balaban J connectivity index is 2.04. The second-order valence-electron chi connectivity index (χ2n) is 5.42. The molecule has 4 heteroatoms. The smallest absolute Gasteiger partial charge is 0.240 e. The molecular formula is C13H24N2O2. The minimum atomic E-state index is -0.0258. The minimum Gasteiger partial charge on any atom is -0.394 e. The van der Waals surface area contributed by atoms with Gasteiger partial charge in [0.25, 0.3) is 0 Å². The van der Waals surface area contributed by atoms with Gasteiger partial charge in [-0.05, 0) is 31.7 Å². The van der Waals surface area contributed by atoms with Gasteiger partial charge in [0.05, 0.1) is 18.7 Å². The minimum absolute atomic E-state index is 0.0258. The molecule has 2 heterocycles. The van der Waals surface area contributed by atoms with E-state index in [9.17, 15) is 9.90 Å². The van der Waals surface area contributed by atoms with Crippen molar-refractivity contribution in [2.45, 2.75) is 51.1 Å². The van der Waals surface area contributed by atoms with Crippen LogP contribution in [0.2, 0.25) is 0 Å². The maximum atomic E-state index is 12.5. The number of aliphatic hydroxyl groups excluding tert-OH is 1. The van der Waals surface area contributed by atoms with Gasteiger partial charge in [0.1, 0.15) is 0 Å². The van der Waals surface area contributed by atoms with Crippen molar-refractivity contribution in [3.63, 3.8) is 0 Å². The summed E-state index contributed by atoms with van der Waals surface area (Å²) in [6, 6.07) is 0.0155. The van der Waals surface area contributed by atoms with Crippen LogP contribution in [-0.2, 0) is 4.79 Å². The second kappa shape index (κ2) is 5.83. The topological polar surface area (TPSA) is 52.6 Å². The van der Waals surface area contributed by atoms with E-state index in [2.05, 4.69) is 12.2 Å². The van der Waals surface area contributed by atoms with Gasteiger partial charge in [-0.1, -0.05) is 19.8 Å². The number of carbonyl (C=O) groups excluding carboxylic acids is 1. The number of likely N-dealkylation sites (tertiary alicyclic amines) is 1. The molecule has 2 fully saturated rings. The van der Waals surface area contributed by atoms with Crippen LogP contribution in [0.25, 0.3) is 0 Å². The number of nitrogens with one attached hydrogen (secondary N) is 1. The normalized spacial score (nSPS) is 34.7. The maximum absolute atomic E-state index is 12.5. The predicted octanol–water partition coefficient (Wildman–Crippen LogP) is 0.748. The van der Waals surface area contributed by atoms with E-state index >= 15 is 0 Å². The Morgan fingerprint density at radius 3 is 2.82 bits per heavy atom. The molecule has 0 spiro atoms. The van der Waals surface area contributed by atoms with E-state index in [0.29, 0.717) is 5.92 Å². The van der Waals surface area contributed by atoms with Crippen LogP contribution in [0.5, 0.6) is 0 Å². The molecular weight excluding hydrogens is 216 g/mol. The van der Waals surface area contributed by atoms with E-state index in [1.54, 1.807) is 0 Å². The fourth-order valence-corrected chi connectivity index (χ4v) is 3.00. The zero-order chi connectivity index (χ0) is 12.3. The monoisotopic (exact) mass is 240 g/mol. The van der Waals surface area contributed by atoms with Crippen molar-refractivity contribution in [1.82, 2.24) is 10.2 Å². The van der Waals surface area contributed by atoms with Gasteiger partial charge >= 0.3 is 0 Å². The van der Waals surface area contributed by atoms with Crippen molar-refractivity contribution in [2.75, 3.05) is 19.7 Å². The highest BCUT2D eigenvalue weighted by Crippen LogP contribution is 2.22. The summed E-state index contributed by atoms with van der Waals surface area (Å²) in [5.41, 5.74) is 0. The van der Waals surface area contributed by atoms with E-state index in [4.69, 9.17) is 0 Å². The third-order valence-electron chi connectivity index (χ3n) is 4.17. The molecule has 0 aromatic rings. The zero-order valence-electron chi connectivity index (χ0n) is 10.7. The molecule has 2 saturated heterocycles. The molecule has 17 heavy (non-hydrogen) atoms. The van der Waals surface area contributed by atoms with E-state index in [-0.39, 0.29) is 24.6 Å². The fourth-order valence-electron chi connectivity index (χ4n) is 3.00. The molecule has 2 aliphatic rings. The van der Waals surface area contributed by atoms with Gasteiger partial charge in [0.15, 0.2) is 0 Å². The van der Waals surface area contributed by atoms with Crippen LogP contribution in [0.1, 0.15) is 39.0 Å². The lowest BCUT2D eigenvalue weighted by atomic mass is 10.0. The van der Waals surface area contributed by atoms with Crippen LogP contribution in [0.3, 0.4) is 0 Å². The predicted molar refractivity (Wildman–Crippen MR) is 66.6 cm³/mol. The van der Waals surface area contributed by atoms with Gasteiger partial charge < -0.3 is 15.3 Å². The summed E-state index contributed by atoms with van der Waals surface area (Å²) in [7, 11) is 0. The van der Waals surface area contributed by atoms with Crippen molar-refractivity contribution in [3.8, 4) is 0 Å². The third-order valence-corrected chi connectivity index (χ3v) is 4.17. The number of nitrogens with zero attached hydrogens (tertiary/aromatic N) is 1. The highest BCUT2D eigenvalue weighted by Gasteiger charge is 2.35. The van der Waals surface area contributed by atoms with Crippen molar-refractivity contribution >= 4 is 5.91 Å². The lowest BCUT2D eigenvalue weighted by Gasteiger charge is -2.32. The molecule has 2 aliphatic heterocycles. The number of hydrogen-bond acceptors (Lipinski definition) is 3. The molecule has 2 rings (SSSR count). The molecule has 0 saturated carbocycles. The largest absolute Gasteiger partial charge is 0.394 e. The zero-order valence-corrected chi connectivity index (χ0v) is 10.7. The average molecular weight is 240 g/mol. The van der Waals surface area contributed by atoms with Gasteiger partial charge in [0, 0.05) is 6.54 Å². The fraction of sp³-hybridized carbons (Fsp3) is 0.923. The van der Waals surface area contributed by atoms with E-state index < -0.39 is 0 Å². The summed E-state index contributed by atoms with van der Waals surface area (Å²) in [5.74, 6) is 0.626. The Labute approximate surface area is 103 Å². The molecule has 98 valence electrons. The standard InChI is InChI=1S/C13H24N2O2/c1-10-6-7-14-12(10)13(17)15-8-4-2-3-5-11(15)9-16/h10-12,14,16H,2-9H2,1H3. The molecule has 3 atom stereocenters. The summed E-state index contributed by atoms with van der Waals surface area (Å²) >= 11 is 0.